The van der Waals surface area contributed by atoms with E-state index in [0.29, 0.717) is 5.56 Å². The van der Waals surface area contributed by atoms with Gasteiger partial charge in [0.1, 0.15) is 11.4 Å². The van der Waals surface area contributed by atoms with Crippen LogP contribution in [0.4, 0.5) is 0 Å². The van der Waals surface area contributed by atoms with E-state index >= 15 is 0 Å². The van der Waals surface area contributed by atoms with E-state index in [2.05, 4.69) is 27.7 Å². The van der Waals surface area contributed by atoms with E-state index in [1.54, 1.807) is 17.8 Å². The van der Waals surface area contributed by atoms with E-state index in [4.69, 9.17) is 9.47 Å². The van der Waals surface area contributed by atoms with Gasteiger partial charge in [0.25, 0.3) is 0 Å². The molecule has 4 nitrogen and oxygen atoms in total. The van der Waals surface area contributed by atoms with Crippen molar-refractivity contribution in [3.05, 3.63) is 64.7 Å². The first-order valence-electron chi connectivity index (χ1n) is 11.3. The molecule has 0 heterocycles. The maximum atomic E-state index is 12.6. The second-order valence-corrected chi connectivity index (χ2v) is 10.5. The fourth-order valence-electron chi connectivity index (χ4n) is 3.34. The first-order valence-corrected chi connectivity index (χ1v) is 12.5. The predicted molar refractivity (Wildman–Crippen MR) is 138 cm³/mol. The number of ketones is 1. The molecule has 5 heteroatoms. The molecule has 0 aliphatic carbocycles. The molecule has 0 saturated heterocycles. The van der Waals surface area contributed by atoms with Gasteiger partial charge in [-0.3, -0.25) is 4.79 Å². The summed E-state index contributed by atoms with van der Waals surface area (Å²) in [6, 6.07) is 11.7. The number of ether oxygens (including phenoxy) is 2. The Morgan fingerprint density at radius 1 is 0.970 bits per heavy atom. The number of hydrogen-bond acceptors (Lipinski definition) is 5. The average Bonchev–Trinajstić information content (AvgIpc) is 2.74. The van der Waals surface area contributed by atoms with Crippen molar-refractivity contribution < 1.29 is 19.1 Å². The summed E-state index contributed by atoms with van der Waals surface area (Å²) in [5.41, 5.74) is 3.04. The molecule has 0 saturated carbocycles. The lowest BCUT2D eigenvalue weighted by atomic mass is 9.91. The smallest absolute Gasteiger partial charge is 0.344 e. The van der Waals surface area contributed by atoms with Crippen molar-refractivity contribution >= 4 is 29.6 Å². The Bertz CT molecular complexity index is 967. The molecule has 0 aromatic heterocycles. The fourth-order valence-corrected chi connectivity index (χ4v) is 3.75. The molecule has 178 valence electrons. The molecule has 2 aromatic rings. The van der Waals surface area contributed by atoms with Crippen LogP contribution in [0.3, 0.4) is 0 Å². The zero-order valence-electron chi connectivity index (χ0n) is 21.0. The Balaban J connectivity index is 2.32. The Kier molecular flexibility index (Phi) is 9.35. The summed E-state index contributed by atoms with van der Waals surface area (Å²) in [7, 11) is 0. The van der Waals surface area contributed by atoms with E-state index in [-0.39, 0.29) is 24.2 Å². The maximum absolute atomic E-state index is 12.6. The van der Waals surface area contributed by atoms with Crippen molar-refractivity contribution in [1.29, 1.82) is 0 Å². The quantitative estimate of drug-likeness (QED) is 0.168. The highest BCUT2D eigenvalue weighted by Gasteiger charge is 2.21. The molecule has 0 aliphatic heterocycles. The van der Waals surface area contributed by atoms with Gasteiger partial charge >= 0.3 is 5.97 Å². The fraction of sp³-hybridized carbons (Fsp3) is 0.429. The largest absolute Gasteiger partial charge is 0.481 e. The first kappa shape index (κ1) is 26.7. The van der Waals surface area contributed by atoms with Gasteiger partial charge in [-0.2, -0.15) is 0 Å². The van der Waals surface area contributed by atoms with Gasteiger partial charge in [0, 0.05) is 10.5 Å². The van der Waals surface area contributed by atoms with Crippen LogP contribution in [0.25, 0.3) is 6.08 Å². The standard InChI is InChI=1S/C28H36O4S/c1-18(2)23-15-20(9-14-25(29)21-10-12-22(33-8)13-11-21)16-24(19(3)4)27(23)31-17-26(30)32-28(5,6)7/h9-16,18-19H,17H2,1-8H3/b14-9+. The summed E-state index contributed by atoms with van der Waals surface area (Å²) in [4.78, 5) is 26.0. The Hall–Kier alpha value is -2.53. The lowest BCUT2D eigenvalue weighted by Gasteiger charge is -2.23. The number of benzene rings is 2. The minimum atomic E-state index is -0.556. The summed E-state index contributed by atoms with van der Waals surface area (Å²) in [5.74, 6) is 0.652. The molecular weight excluding hydrogens is 432 g/mol. The first-order chi connectivity index (χ1) is 15.4. The van der Waals surface area contributed by atoms with Crippen LogP contribution in [-0.4, -0.2) is 30.2 Å². The molecule has 0 radical (unpaired) electrons. The van der Waals surface area contributed by atoms with Gasteiger partial charge in [0.15, 0.2) is 12.4 Å². The SMILES string of the molecule is CSc1ccc(C(=O)/C=C/c2cc(C(C)C)c(OCC(=O)OC(C)(C)C)c(C(C)C)c2)cc1. The van der Waals surface area contributed by atoms with Crippen molar-refractivity contribution in [2.75, 3.05) is 12.9 Å². The lowest BCUT2D eigenvalue weighted by Crippen LogP contribution is -2.27. The van der Waals surface area contributed by atoms with Crippen LogP contribution in [0.15, 0.2) is 47.4 Å². The molecule has 0 fully saturated rings. The molecule has 0 amide bonds. The number of rotatable bonds is 9. The number of allylic oxidation sites excluding steroid dienone is 1. The van der Waals surface area contributed by atoms with Crippen molar-refractivity contribution in [2.45, 2.75) is 70.8 Å². The van der Waals surface area contributed by atoms with E-state index in [1.165, 1.54) is 0 Å². The van der Waals surface area contributed by atoms with Crippen LogP contribution in [0.2, 0.25) is 0 Å². The molecule has 0 bridgehead atoms. The second kappa shape index (κ2) is 11.6. The summed E-state index contributed by atoms with van der Waals surface area (Å²) in [6.07, 6.45) is 5.47. The molecule has 0 spiro atoms. The molecule has 0 N–H and O–H groups in total. The molecule has 33 heavy (non-hydrogen) atoms. The summed E-state index contributed by atoms with van der Waals surface area (Å²) < 4.78 is 11.4. The monoisotopic (exact) mass is 468 g/mol. The zero-order valence-corrected chi connectivity index (χ0v) is 21.8. The summed E-state index contributed by atoms with van der Waals surface area (Å²) >= 11 is 1.65. The van der Waals surface area contributed by atoms with Crippen molar-refractivity contribution in [3.8, 4) is 5.75 Å². The molecule has 2 aromatic carbocycles. The number of hydrogen-bond donors (Lipinski definition) is 0. The van der Waals surface area contributed by atoms with Crippen molar-refractivity contribution in [1.82, 2.24) is 0 Å². The van der Waals surface area contributed by atoms with Crippen LogP contribution >= 0.6 is 11.8 Å². The average molecular weight is 469 g/mol. The number of esters is 1. The highest BCUT2D eigenvalue weighted by atomic mass is 32.2. The maximum Gasteiger partial charge on any atom is 0.344 e. The minimum absolute atomic E-state index is 0.0369. The molecular formula is C28H36O4S. The summed E-state index contributed by atoms with van der Waals surface area (Å²) in [6.45, 7) is 13.7. The number of thioether (sulfide) groups is 1. The van der Waals surface area contributed by atoms with E-state index in [1.807, 2.05) is 69.5 Å². The highest BCUT2D eigenvalue weighted by Crippen LogP contribution is 2.36. The Morgan fingerprint density at radius 2 is 1.52 bits per heavy atom. The third-order valence-corrected chi connectivity index (χ3v) is 5.71. The van der Waals surface area contributed by atoms with E-state index in [9.17, 15) is 9.59 Å². The topological polar surface area (TPSA) is 52.6 Å². The van der Waals surface area contributed by atoms with Gasteiger partial charge in [-0.05, 0) is 98.0 Å². The molecule has 0 unspecified atom stereocenters. The zero-order chi connectivity index (χ0) is 24.8. The summed E-state index contributed by atoms with van der Waals surface area (Å²) in [5, 5.41) is 0. The van der Waals surface area contributed by atoms with Gasteiger partial charge < -0.3 is 9.47 Å². The second-order valence-electron chi connectivity index (χ2n) is 9.64. The molecule has 0 aliphatic rings. The van der Waals surface area contributed by atoms with Gasteiger partial charge in [-0.1, -0.05) is 33.8 Å². The van der Waals surface area contributed by atoms with Crippen molar-refractivity contribution in [3.63, 3.8) is 0 Å². The van der Waals surface area contributed by atoms with Crippen LogP contribution in [0, 0.1) is 0 Å². The van der Waals surface area contributed by atoms with Crippen LogP contribution in [-0.2, 0) is 9.53 Å². The Morgan fingerprint density at radius 3 is 1.97 bits per heavy atom. The van der Waals surface area contributed by atoms with E-state index in [0.717, 1.165) is 27.3 Å². The molecule has 0 atom stereocenters. The van der Waals surface area contributed by atoms with Crippen molar-refractivity contribution in [2.24, 2.45) is 0 Å². The van der Waals surface area contributed by atoms with Crippen LogP contribution in [0.5, 0.6) is 5.75 Å². The lowest BCUT2D eigenvalue weighted by molar-refractivity contribution is -0.157. The number of carbonyl (C=O) groups is 2. The van der Waals surface area contributed by atoms with Crippen LogP contribution < -0.4 is 4.74 Å². The van der Waals surface area contributed by atoms with Gasteiger partial charge in [-0.25, -0.2) is 4.79 Å². The third kappa shape index (κ3) is 8.08. The minimum Gasteiger partial charge on any atom is -0.481 e. The third-order valence-electron chi connectivity index (χ3n) is 4.97. The normalized spacial score (nSPS) is 11.9. The van der Waals surface area contributed by atoms with Crippen LogP contribution in [0.1, 0.15) is 87.4 Å². The molecule has 2 rings (SSSR count). The van der Waals surface area contributed by atoms with Gasteiger partial charge in [0.2, 0.25) is 0 Å². The van der Waals surface area contributed by atoms with E-state index < -0.39 is 11.6 Å². The highest BCUT2D eigenvalue weighted by molar-refractivity contribution is 7.98. The Labute approximate surface area is 202 Å². The van der Waals surface area contributed by atoms with Gasteiger partial charge in [0.05, 0.1) is 0 Å². The predicted octanol–water partition coefficient (Wildman–Crippen LogP) is 7.27. The number of carbonyl (C=O) groups excluding carboxylic acids is 2. The van der Waals surface area contributed by atoms with Gasteiger partial charge in [-0.15, -0.1) is 11.8 Å².